The van der Waals surface area contributed by atoms with E-state index in [1.807, 2.05) is 36.4 Å². The lowest BCUT2D eigenvalue weighted by Gasteiger charge is -2.36. The van der Waals surface area contributed by atoms with Crippen LogP contribution in [0.25, 0.3) is 0 Å². The van der Waals surface area contributed by atoms with Crippen LogP contribution in [0.5, 0.6) is 17.2 Å². The molecule has 0 saturated carbocycles. The Morgan fingerprint density at radius 1 is 1.04 bits per heavy atom. The fourth-order valence-corrected chi connectivity index (χ4v) is 4.34. The zero-order valence-corrected chi connectivity index (χ0v) is 14.2. The summed E-state index contributed by atoms with van der Waals surface area (Å²) in [6.45, 7) is 0.391. The van der Waals surface area contributed by atoms with Crippen molar-refractivity contribution in [2.45, 2.75) is 12.0 Å². The van der Waals surface area contributed by atoms with E-state index >= 15 is 0 Å². The number of aliphatic hydroxyl groups excluding tert-OH is 1. The Bertz CT molecular complexity index is 875. The van der Waals surface area contributed by atoms with Gasteiger partial charge in [0.2, 0.25) is 6.79 Å². The lowest BCUT2D eigenvalue weighted by atomic mass is 9.66. The third-order valence-electron chi connectivity index (χ3n) is 5.62. The molecule has 1 aliphatic carbocycles. The van der Waals surface area contributed by atoms with Gasteiger partial charge in [-0.3, -0.25) is 4.79 Å². The first kappa shape index (κ1) is 15.5. The number of aliphatic hydroxyl groups is 1. The lowest BCUT2D eigenvalue weighted by Crippen LogP contribution is -2.34. The summed E-state index contributed by atoms with van der Waals surface area (Å²) in [5.41, 5.74) is 2.63. The minimum absolute atomic E-state index is 0.163. The van der Waals surface area contributed by atoms with Gasteiger partial charge in [0, 0.05) is 11.8 Å². The van der Waals surface area contributed by atoms with Gasteiger partial charge >= 0.3 is 5.97 Å². The zero-order chi connectivity index (χ0) is 17.8. The normalized spacial score (nSPS) is 28.3. The van der Waals surface area contributed by atoms with Crippen LogP contribution in [-0.2, 0) is 9.53 Å². The molecule has 2 aromatic carbocycles. The largest absolute Gasteiger partial charge is 0.497 e. The van der Waals surface area contributed by atoms with Crippen LogP contribution in [0.3, 0.4) is 0 Å². The summed E-state index contributed by atoms with van der Waals surface area (Å²) in [5, 5.41) is 10.9. The van der Waals surface area contributed by atoms with E-state index < -0.39 is 12.0 Å². The number of methoxy groups -OCH3 is 1. The van der Waals surface area contributed by atoms with E-state index in [0.29, 0.717) is 11.5 Å². The van der Waals surface area contributed by atoms with Gasteiger partial charge < -0.3 is 24.1 Å². The fourth-order valence-electron chi connectivity index (χ4n) is 4.34. The molecule has 2 heterocycles. The van der Waals surface area contributed by atoms with Gasteiger partial charge in [0.1, 0.15) is 5.75 Å². The van der Waals surface area contributed by atoms with Gasteiger partial charge in [-0.1, -0.05) is 12.1 Å². The summed E-state index contributed by atoms with van der Waals surface area (Å²) in [6.07, 6.45) is -0.773. The number of hydrogen-bond donors (Lipinski definition) is 1. The first-order valence-corrected chi connectivity index (χ1v) is 8.59. The van der Waals surface area contributed by atoms with Crippen LogP contribution in [0, 0.1) is 11.8 Å². The molecule has 0 aromatic heterocycles. The highest BCUT2D eigenvalue weighted by molar-refractivity contribution is 5.78. The number of benzene rings is 2. The second-order valence-electron chi connectivity index (χ2n) is 6.85. The Balaban J connectivity index is 1.70. The van der Waals surface area contributed by atoms with Gasteiger partial charge in [-0.2, -0.15) is 0 Å². The van der Waals surface area contributed by atoms with Crippen molar-refractivity contribution < 1.29 is 28.8 Å². The highest BCUT2D eigenvalue weighted by atomic mass is 16.7. The van der Waals surface area contributed by atoms with Crippen molar-refractivity contribution in [1.29, 1.82) is 0 Å². The molecule has 1 N–H and O–H groups in total. The summed E-state index contributed by atoms with van der Waals surface area (Å²) in [6, 6.07) is 11.4. The monoisotopic (exact) mass is 354 g/mol. The van der Waals surface area contributed by atoms with Crippen molar-refractivity contribution >= 4 is 5.97 Å². The molecule has 0 bridgehead atoms. The molecule has 2 aromatic rings. The molecule has 6 heteroatoms. The van der Waals surface area contributed by atoms with Crippen molar-refractivity contribution in [3.63, 3.8) is 0 Å². The fraction of sp³-hybridized carbons (Fsp3) is 0.350. The highest BCUT2D eigenvalue weighted by Crippen LogP contribution is 2.54. The number of carbonyl (C=O) groups excluding carboxylic acids is 1. The predicted molar refractivity (Wildman–Crippen MR) is 90.3 cm³/mol. The molecule has 3 aliphatic rings. The third kappa shape index (κ3) is 2.12. The van der Waals surface area contributed by atoms with Gasteiger partial charge in [-0.05, 0) is 41.0 Å². The second kappa shape index (κ2) is 5.64. The zero-order valence-electron chi connectivity index (χ0n) is 14.2. The van der Waals surface area contributed by atoms with E-state index in [9.17, 15) is 9.90 Å². The molecule has 0 amide bonds. The SMILES string of the molecule is COc1ccc([C@@H]2c3cc4c(cc3[C@H](O)[C@H]3COC(=O)[C@@H]23)OCO4)cc1. The van der Waals surface area contributed by atoms with Crippen molar-refractivity contribution in [1.82, 2.24) is 0 Å². The second-order valence-corrected chi connectivity index (χ2v) is 6.85. The van der Waals surface area contributed by atoms with Crippen molar-refractivity contribution in [3.8, 4) is 17.2 Å². The predicted octanol–water partition coefficient (Wildman–Crippen LogP) is 2.39. The topological polar surface area (TPSA) is 74.2 Å². The molecule has 4 atom stereocenters. The Labute approximate surface area is 150 Å². The van der Waals surface area contributed by atoms with E-state index in [0.717, 1.165) is 22.4 Å². The maximum atomic E-state index is 12.5. The van der Waals surface area contributed by atoms with Crippen LogP contribution >= 0.6 is 0 Å². The van der Waals surface area contributed by atoms with Crippen LogP contribution in [0.1, 0.15) is 28.7 Å². The van der Waals surface area contributed by atoms with E-state index in [-0.39, 0.29) is 31.2 Å². The molecule has 0 radical (unpaired) electrons. The average molecular weight is 354 g/mol. The average Bonchev–Trinajstić information content (AvgIpc) is 3.28. The molecule has 0 spiro atoms. The molecule has 5 rings (SSSR count). The van der Waals surface area contributed by atoms with Gasteiger partial charge in [0.15, 0.2) is 11.5 Å². The maximum absolute atomic E-state index is 12.5. The van der Waals surface area contributed by atoms with Gasteiger partial charge in [0.25, 0.3) is 0 Å². The Morgan fingerprint density at radius 3 is 2.42 bits per heavy atom. The number of cyclic esters (lactones) is 1. The lowest BCUT2D eigenvalue weighted by molar-refractivity contribution is -0.141. The molecular formula is C20H18O6. The first-order valence-electron chi connectivity index (χ1n) is 8.59. The summed E-state index contributed by atoms with van der Waals surface area (Å²) >= 11 is 0. The van der Waals surface area contributed by atoms with E-state index in [1.165, 1.54) is 0 Å². The van der Waals surface area contributed by atoms with Crippen molar-refractivity contribution in [2.24, 2.45) is 11.8 Å². The number of fused-ring (bicyclic) bond motifs is 3. The van der Waals surface area contributed by atoms with Crippen LogP contribution in [0.4, 0.5) is 0 Å². The summed E-state index contributed by atoms with van der Waals surface area (Å²) in [5.74, 6) is 0.834. The molecule has 1 saturated heterocycles. The number of ether oxygens (including phenoxy) is 4. The van der Waals surface area contributed by atoms with Gasteiger partial charge in [0.05, 0.1) is 25.7 Å². The number of hydrogen-bond acceptors (Lipinski definition) is 6. The molecule has 6 nitrogen and oxygen atoms in total. The summed E-state index contributed by atoms with van der Waals surface area (Å²) in [4.78, 5) is 12.5. The maximum Gasteiger partial charge on any atom is 0.310 e. The molecule has 26 heavy (non-hydrogen) atoms. The highest BCUT2D eigenvalue weighted by Gasteiger charge is 2.52. The smallest absolute Gasteiger partial charge is 0.310 e. The minimum atomic E-state index is -0.773. The first-order chi connectivity index (χ1) is 12.7. The third-order valence-corrected chi connectivity index (χ3v) is 5.62. The molecule has 2 aliphatic heterocycles. The van der Waals surface area contributed by atoms with E-state index in [2.05, 4.69) is 0 Å². The van der Waals surface area contributed by atoms with Gasteiger partial charge in [-0.25, -0.2) is 0 Å². The van der Waals surface area contributed by atoms with Crippen molar-refractivity contribution in [2.75, 3.05) is 20.5 Å². The Hall–Kier alpha value is -2.73. The van der Waals surface area contributed by atoms with Crippen LogP contribution in [-0.4, -0.2) is 31.6 Å². The molecule has 0 unspecified atom stereocenters. The minimum Gasteiger partial charge on any atom is -0.497 e. The number of carbonyl (C=O) groups is 1. The molecular weight excluding hydrogens is 336 g/mol. The Kier molecular flexibility index (Phi) is 3.37. The standard InChI is InChI=1S/C20H18O6/c1-23-11-4-2-10(3-5-11)17-12-6-15-16(26-9-25-15)7-13(12)19(21)14-8-24-20(22)18(14)17/h2-7,14,17-19,21H,8-9H2,1H3/t14-,17+,18+,19-/m0/s1. The Morgan fingerprint density at radius 2 is 1.73 bits per heavy atom. The summed E-state index contributed by atoms with van der Waals surface area (Å²) < 4.78 is 21.5. The van der Waals surface area contributed by atoms with Crippen LogP contribution in [0.15, 0.2) is 36.4 Å². The van der Waals surface area contributed by atoms with Gasteiger partial charge in [-0.15, -0.1) is 0 Å². The van der Waals surface area contributed by atoms with Crippen molar-refractivity contribution in [3.05, 3.63) is 53.1 Å². The molecule has 1 fully saturated rings. The summed E-state index contributed by atoms with van der Waals surface area (Å²) in [7, 11) is 1.62. The van der Waals surface area contributed by atoms with E-state index in [1.54, 1.807) is 7.11 Å². The van der Waals surface area contributed by atoms with Crippen LogP contribution < -0.4 is 14.2 Å². The number of rotatable bonds is 2. The number of esters is 1. The van der Waals surface area contributed by atoms with Crippen LogP contribution in [0.2, 0.25) is 0 Å². The van der Waals surface area contributed by atoms with E-state index in [4.69, 9.17) is 18.9 Å². The molecule has 134 valence electrons. The quantitative estimate of drug-likeness (QED) is 0.835.